The van der Waals surface area contributed by atoms with Gasteiger partial charge in [-0.1, -0.05) is 0 Å². The van der Waals surface area contributed by atoms with E-state index in [0.717, 1.165) is 21.5 Å². The molecule has 0 spiro atoms. The maximum absolute atomic E-state index is 13.1. The monoisotopic (exact) mass is 563 g/mol. The largest absolute Gasteiger partial charge is 0.494 e. The van der Waals surface area contributed by atoms with Gasteiger partial charge in [0.15, 0.2) is 0 Å². The highest BCUT2D eigenvalue weighted by Gasteiger charge is 2.57. The number of aryl methyl sites for hydroxylation is 1. The third kappa shape index (κ3) is 4.66. The maximum Gasteiger partial charge on any atom is 0.318 e. The van der Waals surface area contributed by atoms with E-state index in [1.54, 1.807) is 31.8 Å². The number of methoxy groups -OCH3 is 1. The fraction of sp³-hybridized carbons (Fsp3) is 0.393. The van der Waals surface area contributed by atoms with Crippen LogP contribution in [0.1, 0.15) is 26.0 Å². The number of anilines is 1. The summed E-state index contributed by atoms with van der Waals surface area (Å²) in [6.07, 6.45) is 5.56. The summed E-state index contributed by atoms with van der Waals surface area (Å²) in [5, 5.41) is 19.6. The van der Waals surface area contributed by atoms with E-state index in [4.69, 9.17) is 14.7 Å². The van der Waals surface area contributed by atoms with Crippen LogP contribution in [0.4, 0.5) is 10.5 Å². The SMILES string of the molecule is CCNC(=O)NC1(C2CNCCC2(C)C(=O)O)N=CC=CN1c1cc(-c2nc(C)ccc2OC)c2scnc2c1. The molecule has 40 heavy (non-hydrogen) atoms. The van der Waals surface area contributed by atoms with Crippen molar-refractivity contribution >= 4 is 45.5 Å². The van der Waals surface area contributed by atoms with Crippen LogP contribution in [0.5, 0.6) is 5.75 Å². The molecule has 2 aliphatic rings. The van der Waals surface area contributed by atoms with Gasteiger partial charge >= 0.3 is 12.0 Å². The number of rotatable bonds is 7. The molecule has 4 heterocycles. The van der Waals surface area contributed by atoms with Crippen LogP contribution >= 0.6 is 11.3 Å². The van der Waals surface area contributed by atoms with Gasteiger partial charge in [-0.05, 0) is 64.1 Å². The van der Waals surface area contributed by atoms with Crippen molar-refractivity contribution in [3.8, 4) is 17.0 Å². The molecular weight excluding hydrogens is 530 g/mol. The molecule has 2 aromatic heterocycles. The summed E-state index contributed by atoms with van der Waals surface area (Å²) in [7, 11) is 1.61. The van der Waals surface area contributed by atoms with E-state index in [-0.39, 0.29) is 0 Å². The first-order valence-corrected chi connectivity index (χ1v) is 14.0. The number of nitrogens with one attached hydrogen (secondary N) is 3. The summed E-state index contributed by atoms with van der Waals surface area (Å²) in [6.45, 7) is 6.74. The minimum Gasteiger partial charge on any atom is -0.494 e. The number of carboxylic acid groups (broad SMARTS) is 1. The molecule has 1 aromatic carbocycles. The summed E-state index contributed by atoms with van der Waals surface area (Å²) in [4.78, 5) is 42.0. The van der Waals surface area contributed by atoms with Crippen LogP contribution in [0.3, 0.4) is 0 Å². The van der Waals surface area contributed by atoms with Crippen molar-refractivity contribution in [3.63, 3.8) is 0 Å². The van der Waals surface area contributed by atoms with E-state index in [9.17, 15) is 14.7 Å². The Labute approximate surface area is 236 Å². The Balaban J connectivity index is 1.74. The lowest BCUT2D eigenvalue weighted by Crippen LogP contribution is -2.71. The lowest BCUT2D eigenvalue weighted by Gasteiger charge is -2.52. The number of benzene rings is 1. The zero-order valence-corrected chi connectivity index (χ0v) is 23.7. The highest BCUT2D eigenvalue weighted by atomic mass is 32.1. The number of carbonyl (C=O) groups excluding carboxylic acids is 1. The van der Waals surface area contributed by atoms with Crippen LogP contribution in [-0.2, 0) is 4.79 Å². The topological polar surface area (TPSA) is 141 Å². The lowest BCUT2D eigenvalue weighted by molar-refractivity contribution is -0.155. The molecule has 3 aromatic rings. The number of hydrogen-bond donors (Lipinski definition) is 4. The number of urea groups is 1. The normalized spacial score (nSPS) is 24.2. The number of nitrogens with zero attached hydrogens (tertiary/aromatic N) is 4. The number of thiazole rings is 1. The average molecular weight is 564 g/mol. The summed E-state index contributed by atoms with van der Waals surface area (Å²) in [5.41, 5.74) is 4.31. The van der Waals surface area contributed by atoms with Crippen LogP contribution in [0.25, 0.3) is 21.5 Å². The number of hydrogen-bond acceptors (Lipinski definition) is 9. The second kappa shape index (κ2) is 10.9. The molecule has 4 N–H and O–H groups in total. The molecule has 0 radical (unpaired) electrons. The average Bonchev–Trinajstić information content (AvgIpc) is 3.42. The third-order valence-electron chi connectivity index (χ3n) is 7.67. The van der Waals surface area contributed by atoms with Crippen LogP contribution in [0.2, 0.25) is 0 Å². The zero-order chi connectivity index (χ0) is 28.5. The Kier molecular flexibility index (Phi) is 7.47. The number of fused-ring (bicyclic) bond motifs is 1. The van der Waals surface area contributed by atoms with Crippen LogP contribution in [-0.4, -0.2) is 65.8 Å². The Hall–Kier alpha value is -4.03. The quantitative estimate of drug-likeness (QED) is 0.341. The molecule has 0 aliphatic carbocycles. The van der Waals surface area contributed by atoms with Gasteiger partial charge in [0.25, 0.3) is 0 Å². The fourth-order valence-corrected chi connectivity index (χ4v) is 6.34. The Morgan fingerprint density at radius 3 is 2.90 bits per heavy atom. The number of allylic oxidation sites excluding steroid dienone is 1. The van der Waals surface area contributed by atoms with Crippen molar-refractivity contribution in [2.75, 3.05) is 31.6 Å². The predicted octanol–water partition coefficient (Wildman–Crippen LogP) is 3.75. The van der Waals surface area contributed by atoms with Crippen molar-refractivity contribution in [1.29, 1.82) is 0 Å². The summed E-state index contributed by atoms with van der Waals surface area (Å²) < 4.78 is 6.60. The molecule has 3 unspecified atom stereocenters. The highest BCUT2D eigenvalue weighted by Crippen LogP contribution is 2.47. The number of amides is 2. The van der Waals surface area contributed by atoms with E-state index in [1.807, 2.05) is 49.2 Å². The minimum absolute atomic E-state index is 0.329. The van der Waals surface area contributed by atoms with E-state index in [1.165, 1.54) is 11.3 Å². The Bertz CT molecular complexity index is 1510. The molecule has 3 atom stereocenters. The first-order valence-electron chi connectivity index (χ1n) is 13.1. The van der Waals surface area contributed by atoms with Crippen molar-refractivity contribution < 1.29 is 19.4 Å². The van der Waals surface area contributed by atoms with Crippen LogP contribution in [0, 0.1) is 18.3 Å². The molecule has 0 saturated carbocycles. The van der Waals surface area contributed by atoms with Crippen molar-refractivity contribution in [1.82, 2.24) is 25.9 Å². The molecule has 5 rings (SSSR count). The van der Waals surface area contributed by atoms with Crippen LogP contribution < -0.4 is 25.6 Å². The molecular formula is C28H33N7O4S. The first-order chi connectivity index (χ1) is 19.2. The van der Waals surface area contributed by atoms with Gasteiger partial charge in [-0.2, -0.15) is 0 Å². The number of carboxylic acids is 1. The Morgan fingerprint density at radius 1 is 1.32 bits per heavy atom. The summed E-state index contributed by atoms with van der Waals surface area (Å²) in [5.74, 6) is -2.42. The fourth-order valence-electron chi connectivity index (χ4n) is 5.56. The maximum atomic E-state index is 13.1. The molecule has 2 amide bonds. The summed E-state index contributed by atoms with van der Waals surface area (Å²) >= 11 is 1.50. The second-order valence-electron chi connectivity index (χ2n) is 10.1. The lowest BCUT2D eigenvalue weighted by atomic mass is 9.68. The van der Waals surface area contributed by atoms with Gasteiger partial charge in [-0.15, -0.1) is 11.3 Å². The van der Waals surface area contributed by atoms with Crippen LogP contribution in [0.15, 0.2) is 47.0 Å². The molecule has 12 heteroatoms. The molecule has 11 nitrogen and oxygen atoms in total. The molecule has 2 aliphatic heterocycles. The van der Waals surface area contributed by atoms with E-state index in [2.05, 4.69) is 20.9 Å². The first kappa shape index (κ1) is 27.5. The predicted molar refractivity (Wildman–Crippen MR) is 156 cm³/mol. The van der Waals surface area contributed by atoms with Gasteiger partial charge < -0.3 is 25.4 Å². The molecule has 0 bridgehead atoms. The van der Waals surface area contributed by atoms with Crippen molar-refractivity contribution in [2.45, 2.75) is 33.0 Å². The smallest absolute Gasteiger partial charge is 0.318 e. The van der Waals surface area contributed by atoms with E-state index < -0.39 is 29.1 Å². The second-order valence-corrected chi connectivity index (χ2v) is 11.0. The van der Waals surface area contributed by atoms with E-state index >= 15 is 0 Å². The zero-order valence-electron chi connectivity index (χ0n) is 22.9. The Morgan fingerprint density at radius 2 is 2.15 bits per heavy atom. The molecule has 1 saturated heterocycles. The number of carbonyl (C=O) groups is 2. The standard InChI is InChI=1S/C28H33N7O4S/c1-5-30-26(38)34-28(22-15-29-11-9-27(22,3)25(36)37)32-10-6-12-35(28)18-13-19(24-20(14-18)31-16-40-24)23-21(39-4)8-7-17(2)33-23/h6-8,10,12-14,16,22,29H,5,9,11,15H2,1-4H3,(H,36,37)(H2,30,34,38). The van der Waals surface area contributed by atoms with Gasteiger partial charge in [0.1, 0.15) is 11.4 Å². The van der Waals surface area contributed by atoms with Gasteiger partial charge in [0, 0.05) is 42.4 Å². The number of pyridine rings is 1. The number of aliphatic carboxylic acids is 1. The minimum atomic E-state index is -1.46. The van der Waals surface area contributed by atoms with Crippen molar-refractivity contribution in [3.05, 3.63) is 47.7 Å². The van der Waals surface area contributed by atoms with E-state index in [0.29, 0.717) is 43.2 Å². The van der Waals surface area contributed by atoms with Gasteiger partial charge in [0.2, 0.25) is 5.79 Å². The van der Waals surface area contributed by atoms with Gasteiger partial charge in [-0.3, -0.25) is 10.1 Å². The van der Waals surface area contributed by atoms with Gasteiger partial charge in [-0.25, -0.2) is 19.8 Å². The summed E-state index contributed by atoms with van der Waals surface area (Å²) in [6, 6.07) is 7.22. The van der Waals surface area contributed by atoms with Gasteiger partial charge in [0.05, 0.1) is 34.2 Å². The molecule has 1 fully saturated rings. The third-order valence-corrected chi connectivity index (χ3v) is 8.55. The number of ether oxygens (including phenoxy) is 1. The molecule has 210 valence electrons. The highest BCUT2D eigenvalue weighted by molar-refractivity contribution is 7.17. The number of piperidine rings is 1. The van der Waals surface area contributed by atoms with Crippen molar-refractivity contribution in [2.24, 2.45) is 16.3 Å². The number of aliphatic imine (C=N–C) groups is 1. The number of aromatic nitrogens is 2.